The summed E-state index contributed by atoms with van der Waals surface area (Å²) in [6.07, 6.45) is 5.30. The second-order valence-electron chi connectivity index (χ2n) is 4.39. The van der Waals surface area contributed by atoms with Crippen molar-refractivity contribution >= 4 is 5.97 Å². The maximum absolute atomic E-state index is 11.9. The van der Waals surface area contributed by atoms with Crippen LogP contribution in [0, 0.1) is 5.92 Å². The van der Waals surface area contributed by atoms with E-state index in [-0.39, 0.29) is 11.5 Å². The molecular formula is C12H23NO2. The third kappa shape index (κ3) is 2.33. The van der Waals surface area contributed by atoms with Crippen molar-refractivity contribution in [2.75, 3.05) is 13.7 Å². The van der Waals surface area contributed by atoms with Gasteiger partial charge in [-0.05, 0) is 31.7 Å². The zero-order valence-corrected chi connectivity index (χ0v) is 10.1. The first-order valence-corrected chi connectivity index (χ1v) is 6.04. The molecule has 1 fully saturated rings. The first kappa shape index (κ1) is 12.5. The molecule has 1 N–H and O–H groups in total. The highest BCUT2D eigenvalue weighted by Gasteiger charge is 2.48. The van der Waals surface area contributed by atoms with Gasteiger partial charge in [0.25, 0.3) is 0 Å². The van der Waals surface area contributed by atoms with Gasteiger partial charge in [0, 0.05) is 0 Å². The maximum Gasteiger partial charge on any atom is 0.326 e. The normalized spacial score (nSPS) is 30.5. The molecular weight excluding hydrogens is 190 g/mol. The summed E-state index contributed by atoms with van der Waals surface area (Å²) in [7, 11) is 1.49. The zero-order chi connectivity index (χ0) is 11.3. The van der Waals surface area contributed by atoms with Crippen molar-refractivity contribution in [1.29, 1.82) is 0 Å². The van der Waals surface area contributed by atoms with Gasteiger partial charge in [-0.1, -0.05) is 26.7 Å². The number of hydrogen-bond donors (Lipinski definition) is 1. The summed E-state index contributed by atoms with van der Waals surface area (Å²) >= 11 is 0. The van der Waals surface area contributed by atoms with Gasteiger partial charge < -0.3 is 10.1 Å². The smallest absolute Gasteiger partial charge is 0.326 e. The number of methoxy groups -OCH3 is 1. The second-order valence-corrected chi connectivity index (χ2v) is 4.39. The molecule has 1 saturated carbocycles. The molecule has 0 heterocycles. The molecule has 2 unspecified atom stereocenters. The third-order valence-electron chi connectivity index (χ3n) is 3.55. The monoisotopic (exact) mass is 213 g/mol. The Bertz CT molecular complexity index is 218. The summed E-state index contributed by atoms with van der Waals surface area (Å²) in [6.45, 7) is 5.17. The molecule has 3 heteroatoms. The minimum atomic E-state index is -0.389. The number of carbonyl (C=O) groups excluding carboxylic acids is 1. The lowest BCUT2D eigenvalue weighted by Gasteiger charge is -2.33. The summed E-state index contributed by atoms with van der Waals surface area (Å²) in [4.78, 5) is 11.9. The highest BCUT2D eigenvalue weighted by molar-refractivity contribution is 5.81. The number of esters is 1. The number of carbonyl (C=O) groups is 1. The summed E-state index contributed by atoms with van der Waals surface area (Å²) < 4.78 is 4.97. The second kappa shape index (κ2) is 5.50. The van der Waals surface area contributed by atoms with Crippen molar-refractivity contribution in [3.63, 3.8) is 0 Å². The summed E-state index contributed by atoms with van der Waals surface area (Å²) in [5, 5.41) is 3.42. The van der Waals surface area contributed by atoms with E-state index < -0.39 is 0 Å². The van der Waals surface area contributed by atoms with Crippen molar-refractivity contribution < 1.29 is 9.53 Å². The Kier molecular flexibility index (Phi) is 4.58. The Morgan fingerprint density at radius 2 is 2.27 bits per heavy atom. The fourth-order valence-corrected chi connectivity index (χ4v) is 2.73. The van der Waals surface area contributed by atoms with Gasteiger partial charge in [-0.15, -0.1) is 0 Å². The molecule has 88 valence electrons. The molecule has 1 rings (SSSR count). The number of rotatable bonds is 5. The van der Waals surface area contributed by atoms with Crippen LogP contribution < -0.4 is 5.32 Å². The van der Waals surface area contributed by atoms with Crippen LogP contribution in [0.5, 0.6) is 0 Å². The van der Waals surface area contributed by atoms with Gasteiger partial charge in [-0.2, -0.15) is 0 Å². The van der Waals surface area contributed by atoms with Gasteiger partial charge >= 0.3 is 5.97 Å². The standard InChI is InChI=1S/C12H23NO2/c1-4-9-13-12(11(14)15-3)8-6-7-10(12)5-2/h10,13H,4-9H2,1-3H3. The predicted octanol–water partition coefficient (Wildman–Crippen LogP) is 2.11. The predicted molar refractivity (Wildman–Crippen MR) is 60.7 cm³/mol. The van der Waals surface area contributed by atoms with Crippen LogP contribution in [0.4, 0.5) is 0 Å². The van der Waals surface area contributed by atoms with E-state index in [2.05, 4.69) is 19.2 Å². The zero-order valence-electron chi connectivity index (χ0n) is 10.1. The molecule has 0 aliphatic heterocycles. The lowest BCUT2D eigenvalue weighted by Crippen LogP contribution is -2.55. The van der Waals surface area contributed by atoms with E-state index in [1.165, 1.54) is 7.11 Å². The molecule has 0 bridgehead atoms. The number of hydrogen-bond acceptors (Lipinski definition) is 3. The Balaban J connectivity index is 2.79. The van der Waals surface area contributed by atoms with Gasteiger partial charge in [-0.25, -0.2) is 0 Å². The molecule has 0 aromatic carbocycles. The first-order valence-electron chi connectivity index (χ1n) is 6.04. The van der Waals surface area contributed by atoms with Crippen molar-refractivity contribution in [3.8, 4) is 0 Å². The molecule has 0 radical (unpaired) electrons. The lowest BCUT2D eigenvalue weighted by molar-refractivity contribution is -0.150. The van der Waals surface area contributed by atoms with Crippen molar-refractivity contribution in [2.24, 2.45) is 5.92 Å². The fourth-order valence-electron chi connectivity index (χ4n) is 2.73. The largest absolute Gasteiger partial charge is 0.468 e. The van der Waals surface area contributed by atoms with Crippen LogP contribution in [-0.2, 0) is 9.53 Å². The average molecular weight is 213 g/mol. The molecule has 2 atom stereocenters. The molecule has 15 heavy (non-hydrogen) atoms. The first-order chi connectivity index (χ1) is 7.21. The van der Waals surface area contributed by atoms with E-state index in [1.807, 2.05) is 0 Å². The summed E-state index contributed by atoms with van der Waals surface area (Å²) in [5.41, 5.74) is -0.389. The van der Waals surface area contributed by atoms with E-state index in [4.69, 9.17) is 4.74 Å². The van der Waals surface area contributed by atoms with E-state index in [0.717, 1.165) is 38.6 Å². The van der Waals surface area contributed by atoms with Gasteiger partial charge in [0.15, 0.2) is 0 Å². The summed E-state index contributed by atoms with van der Waals surface area (Å²) in [5.74, 6) is 0.372. The Morgan fingerprint density at radius 1 is 1.53 bits per heavy atom. The Labute approximate surface area is 92.6 Å². The Hall–Kier alpha value is -0.570. The van der Waals surface area contributed by atoms with Crippen LogP contribution in [0.2, 0.25) is 0 Å². The number of ether oxygens (including phenoxy) is 1. The fraction of sp³-hybridized carbons (Fsp3) is 0.917. The lowest BCUT2D eigenvalue weighted by atomic mass is 9.85. The van der Waals surface area contributed by atoms with E-state index >= 15 is 0 Å². The maximum atomic E-state index is 11.9. The molecule has 0 amide bonds. The van der Waals surface area contributed by atoms with Crippen molar-refractivity contribution in [1.82, 2.24) is 5.32 Å². The summed E-state index contributed by atoms with van der Waals surface area (Å²) in [6, 6.07) is 0. The van der Waals surface area contributed by atoms with Crippen LogP contribution in [0.1, 0.15) is 46.0 Å². The van der Waals surface area contributed by atoms with Crippen molar-refractivity contribution in [3.05, 3.63) is 0 Å². The van der Waals surface area contributed by atoms with Crippen LogP contribution in [-0.4, -0.2) is 25.2 Å². The van der Waals surface area contributed by atoms with Gasteiger partial charge in [0.2, 0.25) is 0 Å². The topological polar surface area (TPSA) is 38.3 Å². The van der Waals surface area contributed by atoms with Crippen LogP contribution in [0.15, 0.2) is 0 Å². The third-order valence-corrected chi connectivity index (χ3v) is 3.55. The highest BCUT2D eigenvalue weighted by Crippen LogP contribution is 2.38. The molecule has 0 aromatic rings. The van der Waals surface area contributed by atoms with Crippen molar-refractivity contribution in [2.45, 2.75) is 51.5 Å². The molecule has 3 nitrogen and oxygen atoms in total. The van der Waals surface area contributed by atoms with Crippen LogP contribution in [0.25, 0.3) is 0 Å². The molecule has 0 saturated heterocycles. The van der Waals surface area contributed by atoms with E-state index in [9.17, 15) is 4.79 Å². The molecule has 0 spiro atoms. The quantitative estimate of drug-likeness (QED) is 0.711. The minimum absolute atomic E-state index is 0.0692. The Morgan fingerprint density at radius 3 is 2.80 bits per heavy atom. The molecule has 1 aliphatic rings. The SMILES string of the molecule is CCCNC1(C(=O)OC)CCCC1CC. The molecule has 0 aromatic heterocycles. The van der Waals surface area contributed by atoms with Crippen LogP contribution >= 0.6 is 0 Å². The van der Waals surface area contributed by atoms with E-state index in [0.29, 0.717) is 5.92 Å². The van der Waals surface area contributed by atoms with Gasteiger partial charge in [0.1, 0.15) is 5.54 Å². The average Bonchev–Trinajstić information content (AvgIpc) is 2.69. The van der Waals surface area contributed by atoms with Gasteiger partial charge in [-0.3, -0.25) is 4.79 Å². The molecule has 1 aliphatic carbocycles. The highest BCUT2D eigenvalue weighted by atomic mass is 16.5. The number of nitrogens with one attached hydrogen (secondary N) is 1. The minimum Gasteiger partial charge on any atom is -0.468 e. The van der Waals surface area contributed by atoms with Gasteiger partial charge in [0.05, 0.1) is 7.11 Å². The van der Waals surface area contributed by atoms with E-state index in [1.54, 1.807) is 0 Å². The van der Waals surface area contributed by atoms with Crippen LogP contribution in [0.3, 0.4) is 0 Å².